The summed E-state index contributed by atoms with van der Waals surface area (Å²) < 4.78 is 0. The molecule has 0 aliphatic heterocycles. The predicted octanol–water partition coefficient (Wildman–Crippen LogP) is 1.30. The topological polar surface area (TPSA) is 74.0 Å². The van der Waals surface area contributed by atoms with E-state index < -0.39 is 5.97 Å². The molecule has 0 atom stereocenters. The van der Waals surface area contributed by atoms with E-state index >= 15 is 0 Å². The number of carboxylic acids is 1. The number of carboxylic acid groups (broad SMARTS) is 1. The molecule has 0 unspecified atom stereocenters. The summed E-state index contributed by atoms with van der Waals surface area (Å²) >= 11 is 0. The standard InChI is InChI=1S/C9H13N3O2/c1-10-7-5-3-4-6(9(13)14)8(7)12-11-2/h5,10H,3-4H2,1-2H3,(H,13,14)/b12-11-. The molecule has 0 amide bonds. The van der Waals surface area contributed by atoms with Crippen LogP contribution in [0.5, 0.6) is 0 Å². The van der Waals surface area contributed by atoms with Gasteiger partial charge in [-0.1, -0.05) is 6.08 Å². The molecule has 1 aliphatic carbocycles. The average molecular weight is 195 g/mol. The Labute approximate surface area is 82.2 Å². The van der Waals surface area contributed by atoms with Crippen LogP contribution in [0, 0.1) is 0 Å². The van der Waals surface area contributed by atoms with E-state index in [1.807, 2.05) is 6.08 Å². The van der Waals surface area contributed by atoms with Gasteiger partial charge in [0.1, 0.15) is 5.70 Å². The summed E-state index contributed by atoms with van der Waals surface area (Å²) in [5.41, 5.74) is 1.50. The van der Waals surface area contributed by atoms with E-state index in [0.29, 0.717) is 17.7 Å². The van der Waals surface area contributed by atoms with Gasteiger partial charge in [-0.2, -0.15) is 10.2 Å². The molecule has 0 saturated carbocycles. The molecule has 0 radical (unpaired) electrons. The van der Waals surface area contributed by atoms with Gasteiger partial charge < -0.3 is 10.4 Å². The van der Waals surface area contributed by atoms with Crippen LogP contribution in [0.1, 0.15) is 12.8 Å². The number of nitrogens with zero attached hydrogens (tertiary/aromatic N) is 2. The first kappa shape index (κ1) is 10.4. The fourth-order valence-corrected chi connectivity index (χ4v) is 1.38. The van der Waals surface area contributed by atoms with Crippen molar-refractivity contribution in [2.24, 2.45) is 10.2 Å². The smallest absolute Gasteiger partial charge is 0.333 e. The Balaban J connectivity index is 3.14. The minimum Gasteiger partial charge on any atom is -0.478 e. The SMILES string of the molecule is C/N=N\C1=C(C(=O)O)CCC=C1NC. The number of nitrogens with one attached hydrogen (secondary N) is 1. The van der Waals surface area contributed by atoms with E-state index in [1.54, 1.807) is 7.05 Å². The number of carbonyl (C=O) groups is 1. The van der Waals surface area contributed by atoms with E-state index in [4.69, 9.17) is 5.11 Å². The maximum absolute atomic E-state index is 10.9. The van der Waals surface area contributed by atoms with Crippen molar-refractivity contribution in [2.75, 3.05) is 14.1 Å². The lowest BCUT2D eigenvalue weighted by atomic mass is 10.0. The van der Waals surface area contributed by atoms with Gasteiger partial charge in [0.15, 0.2) is 0 Å². The van der Waals surface area contributed by atoms with Crippen molar-refractivity contribution in [1.82, 2.24) is 5.32 Å². The van der Waals surface area contributed by atoms with Gasteiger partial charge in [0.2, 0.25) is 0 Å². The van der Waals surface area contributed by atoms with E-state index in [2.05, 4.69) is 15.5 Å². The van der Waals surface area contributed by atoms with Gasteiger partial charge in [0.25, 0.3) is 0 Å². The molecule has 0 aromatic heterocycles. The molecule has 1 aliphatic rings. The van der Waals surface area contributed by atoms with Gasteiger partial charge in [0.05, 0.1) is 11.3 Å². The van der Waals surface area contributed by atoms with Crippen molar-refractivity contribution in [3.8, 4) is 0 Å². The van der Waals surface area contributed by atoms with Crippen LogP contribution in [0.4, 0.5) is 0 Å². The second kappa shape index (κ2) is 4.55. The van der Waals surface area contributed by atoms with Gasteiger partial charge in [-0.15, -0.1) is 0 Å². The molecule has 0 spiro atoms. The summed E-state index contributed by atoms with van der Waals surface area (Å²) in [5, 5.41) is 19.3. The number of allylic oxidation sites excluding steroid dienone is 1. The largest absolute Gasteiger partial charge is 0.478 e. The highest BCUT2D eigenvalue weighted by atomic mass is 16.4. The van der Waals surface area contributed by atoms with Crippen molar-refractivity contribution in [2.45, 2.75) is 12.8 Å². The molecule has 5 nitrogen and oxygen atoms in total. The zero-order valence-corrected chi connectivity index (χ0v) is 8.24. The van der Waals surface area contributed by atoms with E-state index in [1.165, 1.54) is 7.05 Å². The second-order valence-corrected chi connectivity index (χ2v) is 2.84. The number of hydrogen-bond acceptors (Lipinski definition) is 4. The minimum absolute atomic E-state index is 0.322. The fourth-order valence-electron chi connectivity index (χ4n) is 1.38. The van der Waals surface area contributed by atoms with Gasteiger partial charge in [-0.25, -0.2) is 4.79 Å². The lowest BCUT2D eigenvalue weighted by Gasteiger charge is -2.15. The van der Waals surface area contributed by atoms with Gasteiger partial charge >= 0.3 is 5.97 Å². The van der Waals surface area contributed by atoms with Crippen molar-refractivity contribution in [3.05, 3.63) is 23.0 Å². The maximum Gasteiger partial charge on any atom is 0.333 e. The van der Waals surface area contributed by atoms with E-state index in [-0.39, 0.29) is 0 Å². The van der Waals surface area contributed by atoms with Gasteiger partial charge in [0, 0.05) is 14.1 Å². The molecule has 0 saturated heterocycles. The van der Waals surface area contributed by atoms with Crippen LogP contribution < -0.4 is 5.32 Å². The molecule has 0 fully saturated rings. The number of likely N-dealkylation sites (N-methyl/N-ethyl adjacent to an activating group) is 1. The molecule has 0 bridgehead atoms. The van der Waals surface area contributed by atoms with Crippen molar-refractivity contribution >= 4 is 5.97 Å². The molecule has 76 valence electrons. The number of rotatable bonds is 3. The first-order chi connectivity index (χ1) is 6.70. The molecule has 5 heteroatoms. The first-order valence-corrected chi connectivity index (χ1v) is 4.35. The monoisotopic (exact) mass is 195 g/mol. The first-order valence-electron chi connectivity index (χ1n) is 4.35. The number of azo groups is 1. The minimum atomic E-state index is -0.923. The zero-order valence-electron chi connectivity index (χ0n) is 8.24. The third-order valence-corrected chi connectivity index (χ3v) is 2.01. The second-order valence-electron chi connectivity index (χ2n) is 2.84. The Bertz CT molecular complexity index is 329. The average Bonchev–Trinajstić information content (AvgIpc) is 2.18. The van der Waals surface area contributed by atoms with Crippen LogP contribution in [0.2, 0.25) is 0 Å². The molecule has 0 aromatic carbocycles. The third-order valence-electron chi connectivity index (χ3n) is 2.01. The lowest BCUT2D eigenvalue weighted by Crippen LogP contribution is -2.16. The Morgan fingerprint density at radius 1 is 1.64 bits per heavy atom. The molecular weight excluding hydrogens is 182 g/mol. The Hall–Kier alpha value is -1.65. The van der Waals surface area contributed by atoms with Gasteiger partial charge in [-0.3, -0.25) is 0 Å². The number of aliphatic carboxylic acids is 1. The molecule has 2 N–H and O–H groups in total. The summed E-state index contributed by atoms with van der Waals surface area (Å²) in [4.78, 5) is 10.9. The van der Waals surface area contributed by atoms with Crippen LogP contribution >= 0.6 is 0 Å². The maximum atomic E-state index is 10.9. The normalized spacial score (nSPS) is 17.1. The van der Waals surface area contributed by atoms with Crippen LogP contribution in [-0.2, 0) is 4.79 Å². The molecule has 0 heterocycles. The Morgan fingerprint density at radius 3 is 2.86 bits per heavy atom. The predicted molar refractivity (Wildman–Crippen MR) is 51.8 cm³/mol. The summed E-state index contributed by atoms with van der Waals surface area (Å²) in [7, 11) is 3.26. The van der Waals surface area contributed by atoms with Gasteiger partial charge in [-0.05, 0) is 12.8 Å². The fraction of sp³-hybridized carbons (Fsp3) is 0.444. The van der Waals surface area contributed by atoms with Crippen LogP contribution in [0.3, 0.4) is 0 Å². The molecular formula is C9H13N3O2. The summed E-state index contributed by atoms with van der Waals surface area (Å²) in [5.74, 6) is -0.923. The highest BCUT2D eigenvalue weighted by Crippen LogP contribution is 2.24. The van der Waals surface area contributed by atoms with E-state index in [9.17, 15) is 4.79 Å². The molecule has 0 aromatic rings. The molecule has 14 heavy (non-hydrogen) atoms. The van der Waals surface area contributed by atoms with Crippen molar-refractivity contribution < 1.29 is 9.90 Å². The Morgan fingerprint density at radius 2 is 2.36 bits per heavy atom. The Kier molecular flexibility index (Phi) is 3.39. The van der Waals surface area contributed by atoms with Crippen LogP contribution in [0.15, 0.2) is 33.3 Å². The van der Waals surface area contributed by atoms with Crippen molar-refractivity contribution in [1.29, 1.82) is 0 Å². The van der Waals surface area contributed by atoms with E-state index in [0.717, 1.165) is 12.1 Å². The van der Waals surface area contributed by atoms with Crippen LogP contribution in [0.25, 0.3) is 0 Å². The number of hydrogen-bond donors (Lipinski definition) is 2. The van der Waals surface area contributed by atoms with Crippen molar-refractivity contribution in [3.63, 3.8) is 0 Å². The quantitative estimate of drug-likeness (QED) is 0.666. The zero-order chi connectivity index (χ0) is 10.6. The summed E-state index contributed by atoms with van der Waals surface area (Å²) in [6, 6.07) is 0. The highest BCUT2D eigenvalue weighted by Gasteiger charge is 2.20. The van der Waals surface area contributed by atoms with Crippen LogP contribution in [-0.4, -0.2) is 25.2 Å². The lowest BCUT2D eigenvalue weighted by molar-refractivity contribution is -0.132. The molecule has 1 rings (SSSR count). The summed E-state index contributed by atoms with van der Waals surface area (Å²) in [6.45, 7) is 0. The summed E-state index contributed by atoms with van der Waals surface area (Å²) in [6.07, 6.45) is 3.16. The highest BCUT2D eigenvalue weighted by molar-refractivity contribution is 5.88. The third kappa shape index (κ3) is 1.99.